The average Bonchev–Trinajstić information content (AvgIpc) is 3.20. The highest BCUT2D eigenvalue weighted by Crippen LogP contribution is 2.25. The summed E-state index contributed by atoms with van der Waals surface area (Å²) in [5, 5.41) is 12.8. The van der Waals surface area contributed by atoms with E-state index < -0.39 is 6.04 Å². The number of halogens is 1. The molecule has 1 atom stereocenters. The molecule has 0 fully saturated rings. The van der Waals surface area contributed by atoms with Crippen LogP contribution in [0.1, 0.15) is 37.9 Å². The molecule has 0 unspecified atom stereocenters. The van der Waals surface area contributed by atoms with Gasteiger partial charge in [-0.05, 0) is 32.4 Å². The monoisotopic (exact) mass is 418 g/mol. The molecule has 1 amide bonds. The molecule has 2 N–H and O–H groups in total. The van der Waals surface area contributed by atoms with E-state index in [2.05, 4.69) is 32.9 Å². The zero-order valence-electron chi connectivity index (χ0n) is 16.1. The van der Waals surface area contributed by atoms with Crippen LogP contribution in [0.3, 0.4) is 0 Å². The van der Waals surface area contributed by atoms with E-state index in [0.717, 1.165) is 35.3 Å². The van der Waals surface area contributed by atoms with Crippen molar-refractivity contribution in [2.24, 2.45) is 5.10 Å². The van der Waals surface area contributed by atoms with Crippen molar-refractivity contribution < 1.29 is 4.79 Å². The number of amides is 1. The number of anilines is 1. The fraction of sp³-hybridized carbons (Fsp3) is 0.368. The largest absolute Gasteiger partial charge is 0.350 e. The van der Waals surface area contributed by atoms with Gasteiger partial charge in [-0.1, -0.05) is 48.4 Å². The highest BCUT2D eigenvalue weighted by atomic mass is 35.5. The zero-order valence-corrected chi connectivity index (χ0v) is 17.6. The summed E-state index contributed by atoms with van der Waals surface area (Å²) in [7, 11) is 0. The molecular weight excluding hydrogens is 396 g/mol. The third-order valence-electron chi connectivity index (χ3n) is 4.23. The topological polar surface area (TPSA) is 84.2 Å². The highest BCUT2D eigenvalue weighted by molar-refractivity contribution is 7.22. The molecule has 0 spiro atoms. The summed E-state index contributed by atoms with van der Waals surface area (Å²) < 4.78 is 2.83. The molecule has 3 rings (SSSR count). The molecule has 0 aliphatic rings. The number of carbonyl (C=O) groups excluding carboxylic acids is 1. The number of aromatic nitrogens is 3. The molecule has 3 aromatic rings. The summed E-state index contributed by atoms with van der Waals surface area (Å²) >= 11 is 7.87. The van der Waals surface area contributed by atoms with Crippen LogP contribution in [0.5, 0.6) is 0 Å². The van der Waals surface area contributed by atoms with Gasteiger partial charge in [-0.3, -0.25) is 9.48 Å². The minimum absolute atomic E-state index is 0.261. The Morgan fingerprint density at radius 2 is 2.21 bits per heavy atom. The summed E-state index contributed by atoms with van der Waals surface area (Å²) in [6, 6.07) is 7.36. The minimum Gasteiger partial charge on any atom is -0.350 e. The summed E-state index contributed by atoms with van der Waals surface area (Å²) in [5.74, 6) is -0.261. The van der Waals surface area contributed by atoms with Crippen molar-refractivity contribution in [3.63, 3.8) is 0 Å². The number of nitrogens with one attached hydrogen (secondary N) is 2. The number of hydrazone groups is 1. The van der Waals surface area contributed by atoms with Crippen LogP contribution in [-0.2, 0) is 11.3 Å². The van der Waals surface area contributed by atoms with Gasteiger partial charge in [0.1, 0.15) is 11.2 Å². The molecular formula is C19H23ClN6OS. The number of unbranched alkanes of at least 4 members (excludes halogenated alkanes) is 1. The normalized spacial score (nSPS) is 12.6. The Bertz CT molecular complexity index is 963. The summed E-state index contributed by atoms with van der Waals surface area (Å²) in [6.45, 7) is 6.51. The smallest absolute Gasteiger partial charge is 0.262 e. The maximum atomic E-state index is 12.3. The van der Waals surface area contributed by atoms with Crippen LogP contribution in [0.2, 0.25) is 5.15 Å². The van der Waals surface area contributed by atoms with Gasteiger partial charge in [0.15, 0.2) is 5.13 Å². The van der Waals surface area contributed by atoms with Gasteiger partial charge in [0.05, 0.1) is 27.7 Å². The lowest BCUT2D eigenvalue weighted by molar-refractivity contribution is -0.121. The molecule has 0 aliphatic heterocycles. The molecule has 0 bridgehead atoms. The van der Waals surface area contributed by atoms with E-state index >= 15 is 0 Å². The summed E-state index contributed by atoms with van der Waals surface area (Å²) in [5.41, 5.74) is 4.94. The van der Waals surface area contributed by atoms with Crippen molar-refractivity contribution in [3.8, 4) is 0 Å². The van der Waals surface area contributed by atoms with Crippen LogP contribution in [0.15, 0.2) is 29.4 Å². The Balaban J connectivity index is 1.59. The highest BCUT2D eigenvalue weighted by Gasteiger charge is 2.15. The van der Waals surface area contributed by atoms with Crippen LogP contribution in [0.4, 0.5) is 5.13 Å². The first-order valence-corrected chi connectivity index (χ1v) is 10.4. The van der Waals surface area contributed by atoms with Gasteiger partial charge < -0.3 is 5.32 Å². The molecule has 0 saturated heterocycles. The number of para-hydroxylation sites is 1. The van der Waals surface area contributed by atoms with E-state index in [1.54, 1.807) is 11.6 Å². The summed E-state index contributed by atoms with van der Waals surface area (Å²) in [4.78, 5) is 16.8. The van der Waals surface area contributed by atoms with Crippen LogP contribution >= 0.6 is 22.9 Å². The maximum absolute atomic E-state index is 12.3. The lowest BCUT2D eigenvalue weighted by Gasteiger charge is -2.10. The number of rotatable bonds is 8. The molecule has 28 heavy (non-hydrogen) atoms. The van der Waals surface area contributed by atoms with Crippen LogP contribution in [-0.4, -0.2) is 32.9 Å². The quantitative estimate of drug-likeness (QED) is 0.424. The fourth-order valence-corrected chi connectivity index (χ4v) is 3.87. The predicted molar refractivity (Wildman–Crippen MR) is 115 cm³/mol. The second-order valence-corrected chi connectivity index (χ2v) is 7.84. The number of fused-ring (bicyclic) bond motifs is 1. The second-order valence-electron chi connectivity index (χ2n) is 6.45. The molecule has 0 aliphatic carbocycles. The van der Waals surface area contributed by atoms with E-state index in [1.807, 2.05) is 31.2 Å². The lowest BCUT2D eigenvalue weighted by Crippen LogP contribution is -2.34. The molecule has 2 heterocycles. The lowest BCUT2D eigenvalue weighted by atomic mass is 10.3. The molecule has 0 saturated carbocycles. The zero-order chi connectivity index (χ0) is 20.1. The third kappa shape index (κ3) is 4.69. The minimum atomic E-state index is -0.485. The van der Waals surface area contributed by atoms with Crippen LogP contribution in [0, 0.1) is 6.92 Å². The Morgan fingerprint density at radius 1 is 1.43 bits per heavy atom. The number of hydrogen-bond donors (Lipinski definition) is 2. The first-order chi connectivity index (χ1) is 13.5. The van der Waals surface area contributed by atoms with Crippen molar-refractivity contribution >= 4 is 50.4 Å². The molecule has 2 aromatic heterocycles. The average molecular weight is 419 g/mol. The molecule has 148 valence electrons. The van der Waals surface area contributed by atoms with Gasteiger partial charge in [-0.2, -0.15) is 10.2 Å². The van der Waals surface area contributed by atoms with E-state index in [9.17, 15) is 4.79 Å². The maximum Gasteiger partial charge on any atom is 0.262 e. The summed E-state index contributed by atoms with van der Waals surface area (Å²) in [6.07, 6.45) is 3.60. The Kier molecular flexibility index (Phi) is 6.64. The number of thiazole rings is 1. The Hall–Kier alpha value is -2.45. The third-order valence-corrected chi connectivity index (χ3v) is 5.59. The van der Waals surface area contributed by atoms with Crippen molar-refractivity contribution in [2.75, 3.05) is 5.32 Å². The van der Waals surface area contributed by atoms with Crippen LogP contribution < -0.4 is 10.7 Å². The molecule has 7 nitrogen and oxygen atoms in total. The van der Waals surface area contributed by atoms with Gasteiger partial charge in [0.25, 0.3) is 5.91 Å². The van der Waals surface area contributed by atoms with E-state index in [1.165, 1.54) is 17.6 Å². The molecule has 0 radical (unpaired) electrons. The van der Waals surface area contributed by atoms with Crippen molar-refractivity contribution in [3.05, 3.63) is 40.7 Å². The van der Waals surface area contributed by atoms with Gasteiger partial charge in [0, 0.05) is 6.54 Å². The standard InChI is InChI=1S/C19H23ClN6OS/c1-4-5-10-26-17(20)14(12(2)25-26)11-21-24-18(27)13(3)22-19-23-15-8-6-7-9-16(15)28-19/h6-9,11,13H,4-5,10H2,1-3H3,(H,22,23)(H,24,27)/b21-11-/t13-/m1/s1. The second kappa shape index (κ2) is 9.16. The number of benzene rings is 1. The molecule has 1 aromatic carbocycles. The predicted octanol–water partition coefficient (Wildman–Crippen LogP) is 4.21. The van der Waals surface area contributed by atoms with Gasteiger partial charge in [-0.25, -0.2) is 10.4 Å². The SMILES string of the molecule is CCCCn1nc(C)c(/C=N\NC(=O)[C@@H](C)Nc2nc3ccccc3s2)c1Cl. The number of carbonyl (C=O) groups is 1. The molecule has 9 heteroatoms. The first-order valence-electron chi connectivity index (χ1n) is 9.17. The fourth-order valence-electron chi connectivity index (χ4n) is 2.61. The number of hydrogen-bond acceptors (Lipinski definition) is 6. The van der Waals surface area contributed by atoms with E-state index in [-0.39, 0.29) is 5.91 Å². The van der Waals surface area contributed by atoms with Crippen molar-refractivity contribution in [1.29, 1.82) is 0 Å². The van der Waals surface area contributed by atoms with E-state index in [0.29, 0.717) is 15.8 Å². The Labute approximate surface area is 172 Å². The van der Waals surface area contributed by atoms with Crippen molar-refractivity contribution in [1.82, 2.24) is 20.2 Å². The van der Waals surface area contributed by atoms with Gasteiger partial charge in [-0.15, -0.1) is 0 Å². The first kappa shape index (κ1) is 20.3. The van der Waals surface area contributed by atoms with Crippen molar-refractivity contribution in [2.45, 2.75) is 46.2 Å². The Morgan fingerprint density at radius 3 is 2.96 bits per heavy atom. The van der Waals surface area contributed by atoms with Crippen LogP contribution in [0.25, 0.3) is 10.2 Å². The van der Waals surface area contributed by atoms with Gasteiger partial charge in [0.2, 0.25) is 0 Å². The van der Waals surface area contributed by atoms with E-state index in [4.69, 9.17) is 11.6 Å². The number of nitrogens with zero attached hydrogens (tertiary/aromatic N) is 4. The number of aryl methyl sites for hydroxylation is 2. The van der Waals surface area contributed by atoms with Gasteiger partial charge >= 0.3 is 0 Å².